The second-order valence-corrected chi connectivity index (χ2v) is 8.45. The maximum Gasteiger partial charge on any atom is 0.343 e. The molecule has 0 amide bonds. The molecule has 2 atom stereocenters. The predicted molar refractivity (Wildman–Crippen MR) is 119 cm³/mol. The summed E-state index contributed by atoms with van der Waals surface area (Å²) in [5.74, 6) is -0.531. The Morgan fingerprint density at radius 2 is 1.84 bits per heavy atom. The number of aliphatic hydroxyl groups excluding tert-OH is 2. The lowest BCUT2D eigenvalue weighted by Gasteiger charge is -2.08. The molecule has 0 spiro atoms. The number of carbonyl (C=O) groups excluding carboxylic acids is 2. The Hall–Kier alpha value is -2.60. The molecule has 0 bridgehead atoms. The van der Waals surface area contributed by atoms with Crippen molar-refractivity contribution in [3.8, 4) is 0 Å². The maximum absolute atomic E-state index is 11.4. The van der Waals surface area contributed by atoms with Crippen molar-refractivity contribution in [3.05, 3.63) is 58.1 Å². The molecule has 0 aliphatic carbocycles. The van der Waals surface area contributed by atoms with Gasteiger partial charge >= 0.3 is 11.9 Å². The third kappa shape index (κ3) is 7.87. The average Bonchev–Trinajstić information content (AvgIpc) is 3.14. The van der Waals surface area contributed by atoms with Crippen LogP contribution >= 0.6 is 0 Å². The van der Waals surface area contributed by atoms with Gasteiger partial charge in [-0.25, -0.2) is 9.59 Å². The number of allylic oxidation sites excluding steroid dienone is 5. The molecule has 2 unspecified atom stereocenters. The molecule has 0 fully saturated rings. The van der Waals surface area contributed by atoms with Crippen LogP contribution in [0.1, 0.15) is 72.6 Å². The molecule has 170 valence electrons. The Morgan fingerprint density at radius 1 is 1.16 bits per heavy atom. The quantitative estimate of drug-likeness (QED) is 0.340. The fourth-order valence-electron chi connectivity index (χ4n) is 3.51. The van der Waals surface area contributed by atoms with Crippen LogP contribution in [0.5, 0.6) is 0 Å². The van der Waals surface area contributed by atoms with Gasteiger partial charge in [0.15, 0.2) is 11.5 Å². The van der Waals surface area contributed by atoms with Crippen molar-refractivity contribution in [3.63, 3.8) is 0 Å². The van der Waals surface area contributed by atoms with Gasteiger partial charge in [-0.2, -0.15) is 0 Å². The van der Waals surface area contributed by atoms with Crippen molar-refractivity contribution >= 4 is 11.9 Å². The van der Waals surface area contributed by atoms with E-state index in [1.54, 1.807) is 6.92 Å². The van der Waals surface area contributed by atoms with Gasteiger partial charge in [-0.3, -0.25) is 0 Å². The van der Waals surface area contributed by atoms with Crippen LogP contribution in [0, 0.1) is 5.92 Å². The number of aliphatic hydroxyl groups is 2. The summed E-state index contributed by atoms with van der Waals surface area (Å²) in [6, 6.07) is 0. The van der Waals surface area contributed by atoms with Gasteiger partial charge < -0.3 is 19.7 Å². The molecule has 0 radical (unpaired) electrons. The number of hydrogen-bond donors (Lipinski definition) is 2. The zero-order valence-electron chi connectivity index (χ0n) is 18.9. The summed E-state index contributed by atoms with van der Waals surface area (Å²) in [4.78, 5) is 22.5. The minimum atomic E-state index is -1.07. The van der Waals surface area contributed by atoms with E-state index in [1.165, 1.54) is 17.2 Å². The predicted octanol–water partition coefficient (Wildman–Crippen LogP) is 5.32. The number of hydrogen-bond acceptors (Lipinski definition) is 6. The molecule has 0 saturated carbocycles. The van der Waals surface area contributed by atoms with Crippen molar-refractivity contribution in [1.82, 2.24) is 0 Å². The number of carbonyl (C=O) groups is 2. The standard InChI is InChI=1S/C25H34O6/c1-16(10-6-12-18(3)14-21-23(27)19(4)24(28)30-21)8-5-9-17(2)11-7-13-20-15-22(26)31-25(20)29/h9-10,14-15,18,25,27,29H,5-8,11-13H2,1-4H3. The topological polar surface area (TPSA) is 93.1 Å². The summed E-state index contributed by atoms with van der Waals surface area (Å²) in [5, 5.41) is 19.4. The van der Waals surface area contributed by atoms with Crippen molar-refractivity contribution < 1.29 is 29.3 Å². The number of ether oxygens (including phenoxy) is 2. The molecule has 0 aromatic heterocycles. The van der Waals surface area contributed by atoms with Crippen molar-refractivity contribution in [2.75, 3.05) is 0 Å². The Morgan fingerprint density at radius 3 is 2.45 bits per heavy atom. The molecule has 2 aliphatic rings. The number of rotatable bonds is 11. The molecule has 2 rings (SSSR count). The zero-order valence-corrected chi connectivity index (χ0v) is 18.9. The van der Waals surface area contributed by atoms with Gasteiger partial charge in [0.1, 0.15) is 0 Å². The van der Waals surface area contributed by atoms with Crippen LogP contribution in [0.3, 0.4) is 0 Å². The number of esters is 2. The maximum atomic E-state index is 11.4. The first kappa shape index (κ1) is 24.7. The summed E-state index contributed by atoms with van der Waals surface area (Å²) < 4.78 is 9.75. The normalized spacial score (nSPS) is 22.2. The minimum Gasteiger partial charge on any atom is -0.504 e. The van der Waals surface area contributed by atoms with E-state index in [0.29, 0.717) is 12.0 Å². The highest BCUT2D eigenvalue weighted by Crippen LogP contribution is 2.26. The molecule has 0 aromatic rings. The molecule has 31 heavy (non-hydrogen) atoms. The van der Waals surface area contributed by atoms with Crippen LogP contribution in [0.4, 0.5) is 0 Å². The molecule has 2 heterocycles. The fourth-order valence-corrected chi connectivity index (χ4v) is 3.51. The van der Waals surface area contributed by atoms with Crippen LogP contribution in [0.15, 0.2) is 58.1 Å². The summed E-state index contributed by atoms with van der Waals surface area (Å²) in [6.07, 6.45) is 12.9. The molecular formula is C25H34O6. The smallest absolute Gasteiger partial charge is 0.343 e. The van der Waals surface area contributed by atoms with Crippen molar-refractivity contribution in [2.45, 2.75) is 78.9 Å². The van der Waals surface area contributed by atoms with Crippen LogP contribution in [-0.4, -0.2) is 28.4 Å². The monoisotopic (exact) mass is 430 g/mol. The summed E-state index contributed by atoms with van der Waals surface area (Å²) in [7, 11) is 0. The van der Waals surface area contributed by atoms with Crippen LogP contribution in [0.2, 0.25) is 0 Å². The highest BCUT2D eigenvalue weighted by molar-refractivity contribution is 5.93. The zero-order chi connectivity index (χ0) is 23.0. The van der Waals surface area contributed by atoms with E-state index < -0.39 is 18.2 Å². The van der Waals surface area contributed by atoms with Crippen molar-refractivity contribution in [2.24, 2.45) is 5.92 Å². The molecule has 0 saturated heterocycles. The van der Waals surface area contributed by atoms with Crippen LogP contribution < -0.4 is 0 Å². The Balaban J connectivity index is 1.65. The van der Waals surface area contributed by atoms with Gasteiger partial charge in [0.25, 0.3) is 0 Å². The summed E-state index contributed by atoms with van der Waals surface area (Å²) in [6.45, 7) is 7.84. The third-order valence-electron chi connectivity index (χ3n) is 5.56. The fraction of sp³-hybridized carbons (Fsp3) is 0.520. The van der Waals surface area contributed by atoms with Crippen LogP contribution in [0.25, 0.3) is 0 Å². The molecule has 6 heteroatoms. The molecule has 2 N–H and O–H groups in total. The van der Waals surface area contributed by atoms with Gasteiger partial charge in [-0.05, 0) is 77.7 Å². The average molecular weight is 431 g/mol. The second kappa shape index (κ2) is 11.7. The van der Waals surface area contributed by atoms with E-state index in [0.717, 1.165) is 38.5 Å². The second-order valence-electron chi connectivity index (χ2n) is 8.45. The van der Waals surface area contributed by atoms with E-state index in [2.05, 4.69) is 30.7 Å². The van der Waals surface area contributed by atoms with Crippen molar-refractivity contribution in [1.29, 1.82) is 0 Å². The Bertz CT molecular complexity index is 840. The minimum absolute atomic E-state index is 0.0521. The lowest BCUT2D eigenvalue weighted by atomic mass is 10.0. The third-order valence-corrected chi connectivity index (χ3v) is 5.56. The first-order chi connectivity index (χ1) is 14.7. The highest BCUT2D eigenvalue weighted by atomic mass is 16.6. The van der Waals surface area contributed by atoms with Gasteiger partial charge in [-0.15, -0.1) is 0 Å². The molecule has 2 aliphatic heterocycles. The van der Waals surface area contributed by atoms with E-state index >= 15 is 0 Å². The van der Waals surface area contributed by atoms with E-state index in [-0.39, 0.29) is 23.0 Å². The largest absolute Gasteiger partial charge is 0.504 e. The van der Waals surface area contributed by atoms with Gasteiger partial charge in [0.2, 0.25) is 6.29 Å². The Kier molecular flexibility index (Phi) is 9.31. The summed E-state index contributed by atoms with van der Waals surface area (Å²) in [5.41, 5.74) is 3.57. The van der Waals surface area contributed by atoms with Crippen LogP contribution in [-0.2, 0) is 19.1 Å². The first-order valence-electron chi connectivity index (χ1n) is 10.9. The lowest BCUT2D eigenvalue weighted by Crippen LogP contribution is -2.09. The SMILES string of the molecule is CC(=CCCC(C)C=C1OC(=O)C(C)=C1O)CCC=C(C)CCCC1=CC(=O)OC1O. The molecular weight excluding hydrogens is 396 g/mol. The molecule has 6 nitrogen and oxygen atoms in total. The summed E-state index contributed by atoms with van der Waals surface area (Å²) >= 11 is 0. The molecule has 0 aromatic carbocycles. The Labute approximate surface area is 184 Å². The number of cyclic esters (lactones) is 2. The highest BCUT2D eigenvalue weighted by Gasteiger charge is 2.26. The van der Waals surface area contributed by atoms with Gasteiger partial charge in [-0.1, -0.05) is 30.2 Å². The van der Waals surface area contributed by atoms with E-state index in [4.69, 9.17) is 4.74 Å². The van der Waals surface area contributed by atoms with Gasteiger partial charge in [0, 0.05) is 11.6 Å². The van der Waals surface area contributed by atoms with Gasteiger partial charge in [0.05, 0.1) is 5.57 Å². The van der Waals surface area contributed by atoms with E-state index in [9.17, 15) is 19.8 Å². The van der Waals surface area contributed by atoms with E-state index in [1.807, 2.05) is 13.0 Å². The first-order valence-corrected chi connectivity index (χ1v) is 10.9. The lowest BCUT2D eigenvalue weighted by molar-refractivity contribution is -0.151.